The van der Waals surface area contributed by atoms with Gasteiger partial charge in [0.2, 0.25) is 5.91 Å². The molecule has 7 heteroatoms. The molecule has 0 aliphatic carbocycles. The predicted octanol–water partition coefficient (Wildman–Crippen LogP) is 3.23. The van der Waals surface area contributed by atoms with Gasteiger partial charge in [-0.05, 0) is 25.3 Å². The molecule has 5 nitrogen and oxygen atoms in total. The number of hydrogen-bond donors (Lipinski definition) is 1. The second-order valence-corrected chi connectivity index (χ2v) is 6.26. The minimum absolute atomic E-state index is 0.0580. The Morgan fingerprint density at radius 2 is 2.18 bits per heavy atom. The maximum atomic E-state index is 12.1. The van der Waals surface area contributed by atoms with Gasteiger partial charge in [0.1, 0.15) is 5.82 Å². The predicted molar refractivity (Wildman–Crippen MR) is 92.5 cm³/mol. The van der Waals surface area contributed by atoms with Crippen LogP contribution >= 0.6 is 23.5 Å². The van der Waals surface area contributed by atoms with Gasteiger partial charge in [0, 0.05) is 11.4 Å². The molecule has 0 bridgehead atoms. The van der Waals surface area contributed by atoms with E-state index >= 15 is 0 Å². The number of rotatable bonds is 7. The Kier molecular flexibility index (Phi) is 6.09. The van der Waals surface area contributed by atoms with Crippen molar-refractivity contribution < 1.29 is 4.79 Å². The van der Waals surface area contributed by atoms with E-state index in [4.69, 9.17) is 0 Å². The number of amides is 1. The lowest BCUT2D eigenvalue weighted by Crippen LogP contribution is -2.15. The van der Waals surface area contributed by atoms with Crippen LogP contribution in [-0.4, -0.2) is 32.7 Å². The van der Waals surface area contributed by atoms with Crippen LogP contribution in [0.1, 0.15) is 5.82 Å². The van der Waals surface area contributed by atoms with Crippen LogP contribution in [0, 0.1) is 6.92 Å². The first-order valence-electron chi connectivity index (χ1n) is 6.72. The van der Waals surface area contributed by atoms with E-state index in [1.54, 1.807) is 17.8 Å². The summed E-state index contributed by atoms with van der Waals surface area (Å²) in [5, 5.41) is 11.8. The summed E-state index contributed by atoms with van der Waals surface area (Å²) in [4.78, 5) is 13.2. The summed E-state index contributed by atoms with van der Waals surface area (Å²) in [7, 11) is 0. The lowest BCUT2D eigenvalue weighted by atomic mass is 10.3. The molecule has 0 aliphatic rings. The largest absolute Gasteiger partial charge is 0.324 e. The highest BCUT2D eigenvalue weighted by molar-refractivity contribution is 7.99. The summed E-state index contributed by atoms with van der Waals surface area (Å²) >= 11 is 2.98. The third-order valence-corrected chi connectivity index (χ3v) is 4.69. The highest BCUT2D eigenvalue weighted by atomic mass is 32.2. The molecule has 0 atom stereocenters. The van der Waals surface area contributed by atoms with Crippen molar-refractivity contribution in [3.63, 3.8) is 0 Å². The number of aromatic nitrogens is 3. The number of hydrogen-bond acceptors (Lipinski definition) is 5. The molecular weight excluding hydrogens is 316 g/mol. The van der Waals surface area contributed by atoms with Gasteiger partial charge in [0.05, 0.1) is 11.4 Å². The number of carbonyl (C=O) groups is 1. The normalized spacial score (nSPS) is 10.5. The molecule has 0 aliphatic heterocycles. The van der Waals surface area contributed by atoms with Crippen LogP contribution in [-0.2, 0) is 11.3 Å². The molecule has 1 N–H and O–H groups in total. The molecule has 0 fully saturated rings. The Hall–Kier alpha value is -1.73. The van der Waals surface area contributed by atoms with E-state index in [9.17, 15) is 4.79 Å². The quantitative estimate of drug-likeness (QED) is 0.622. The molecular formula is C15H18N4OS2. The molecule has 2 rings (SSSR count). The zero-order chi connectivity index (χ0) is 15.9. The first kappa shape index (κ1) is 16.6. The van der Waals surface area contributed by atoms with E-state index in [1.165, 1.54) is 11.8 Å². The molecule has 0 saturated carbocycles. The minimum atomic E-state index is -0.0580. The van der Waals surface area contributed by atoms with Gasteiger partial charge in [-0.1, -0.05) is 30.0 Å². The van der Waals surface area contributed by atoms with Crippen molar-refractivity contribution >= 4 is 35.1 Å². The summed E-state index contributed by atoms with van der Waals surface area (Å²) in [6.45, 7) is 6.24. The van der Waals surface area contributed by atoms with Gasteiger partial charge >= 0.3 is 0 Å². The SMILES string of the molecule is C=CCn1c(C)nnc1SCC(=O)Nc1ccccc1SC. The van der Waals surface area contributed by atoms with Crippen LogP contribution in [0.15, 0.2) is 47.0 Å². The average Bonchev–Trinajstić information content (AvgIpc) is 2.87. The van der Waals surface area contributed by atoms with Crippen molar-refractivity contribution in [2.24, 2.45) is 0 Å². The number of para-hydroxylation sites is 1. The third kappa shape index (κ3) is 4.14. The first-order valence-corrected chi connectivity index (χ1v) is 8.93. The van der Waals surface area contributed by atoms with E-state index in [2.05, 4.69) is 22.1 Å². The van der Waals surface area contributed by atoms with E-state index in [0.29, 0.717) is 6.54 Å². The zero-order valence-electron chi connectivity index (χ0n) is 12.6. The number of thioether (sulfide) groups is 2. The third-order valence-electron chi connectivity index (χ3n) is 2.93. The summed E-state index contributed by atoms with van der Waals surface area (Å²) < 4.78 is 1.93. The van der Waals surface area contributed by atoms with Crippen molar-refractivity contribution in [3.05, 3.63) is 42.7 Å². The van der Waals surface area contributed by atoms with Crippen LogP contribution in [0.25, 0.3) is 0 Å². The van der Waals surface area contributed by atoms with Crippen LogP contribution < -0.4 is 5.32 Å². The molecule has 1 aromatic carbocycles. The van der Waals surface area contributed by atoms with Gasteiger partial charge in [0.15, 0.2) is 5.16 Å². The lowest BCUT2D eigenvalue weighted by molar-refractivity contribution is -0.113. The van der Waals surface area contributed by atoms with Gasteiger partial charge in [-0.2, -0.15) is 0 Å². The van der Waals surface area contributed by atoms with E-state index in [0.717, 1.165) is 21.6 Å². The maximum absolute atomic E-state index is 12.1. The minimum Gasteiger partial charge on any atom is -0.324 e. The standard InChI is InChI=1S/C15H18N4OS2/c1-4-9-19-11(2)17-18-15(19)22-10-14(20)16-12-7-5-6-8-13(12)21-3/h4-8H,1,9-10H2,2-3H3,(H,16,20). The molecule has 22 heavy (non-hydrogen) atoms. The molecule has 0 saturated heterocycles. The molecule has 1 amide bonds. The number of aryl methyl sites for hydroxylation is 1. The Morgan fingerprint density at radius 1 is 1.41 bits per heavy atom. The first-order chi connectivity index (χ1) is 10.7. The lowest BCUT2D eigenvalue weighted by Gasteiger charge is -2.09. The molecule has 2 aromatic rings. The monoisotopic (exact) mass is 334 g/mol. The van der Waals surface area contributed by atoms with Crippen molar-refractivity contribution in [2.75, 3.05) is 17.3 Å². The maximum Gasteiger partial charge on any atom is 0.234 e. The number of nitrogens with zero attached hydrogens (tertiary/aromatic N) is 3. The Bertz CT molecular complexity index is 669. The fraction of sp³-hybridized carbons (Fsp3) is 0.267. The van der Waals surface area contributed by atoms with Crippen molar-refractivity contribution in [1.29, 1.82) is 0 Å². The topological polar surface area (TPSA) is 59.8 Å². The highest BCUT2D eigenvalue weighted by Crippen LogP contribution is 2.25. The van der Waals surface area contributed by atoms with Crippen LogP contribution in [0.3, 0.4) is 0 Å². The summed E-state index contributed by atoms with van der Waals surface area (Å²) in [6, 6.07) is 7.75. The second-order valence-electron chi connectivity index (χ2n) is 4.47. The fourth-order valence-corrected chi connectivity index (χ4v) is 3.22. The average molecular weight is 334 g/mol. The summed E-state index contributed by atoms with van der Waals surface area (Å²) in [5.41, 5.74) is 0.837. The number of carbonyl (C=O) groups excluding carboxylic acids is 1. The summed E-state index contributed by atoms with van der Waals surface area (Å²) in [5.74, 6) is 1.05. The molecule has 1 aromatic heterocycles. The van der Waals surface area contributed by atoms with Gasteiger partial charge in [-0.3, -0.25) is 4.79 Å². The Balaban J connectivity index is 1.97. The number of benzene rings is 1. The molecule has 0 spiro atoms. The van der Waals surface area contributed by atoms with Crippen LogP contribution in [0.5, 0.6) is 0 Å². The van der Waals surface area contributed by atoms with Gasteiger partial charge < -0.3 is 9.88 Å². The smallest absolute Gasteiger partial charge is 0.234 e. The van der Waals surface area contributed by atoms with Crippen LogP contribution in [0.2, 0.25) is 0 Å². The molecule has 116 valence electrons. The van der Waals surface area contributed by atoms with Gasteiger partial charge in [0.25, 0.3) is 0 Å². The van der Waals surface area contributed by atoms with Crippen molar-refractivity contribution in [1.82, 2.24) is 14.8 Å². The van der Waals surface area contributed by atoms with Gasteiger partial charge in [-0.25, -0.2) is 0 Å². The molecule has 0 unspecified atom stereocenters. The van der Waals surface area contributed by atoms with E-state index in [1.807, 2.05) is 42.0 Å². The highest BCUT2D eigenvalue weighted by Gasteiger charge is 2.12. The number of anilines is 1. The Morgan fingerprint density at radius 3 is 2.91 bits per heavy atom. The fourth-order valence-electron chi connectivity index (χ4n) is 1.87. The number of allylic oxidation sites excluding steroid dienone is 1. The number of nitrogens with one attached hydrogen (secondary N) is 1. The van der Waals surface area contributed by atoms with Crippen LogP contribution in [0.4, 0.5) is 5.69 Å². The summed E-state index contributed by atoms with van der Waals surface area (Å²) in [6.07, 6.45) is 3.77. The Labute approximate surface area is 138 Å². The second kappa shape index (κ2) is 8.05. The molecule has 1 heterocycles. The van der Waals surface area contributed by atoms with Gasteiger partial charge in [-0.15, -0.1) is 28.5 Å². The zero-order valence-corrected chi connectivity index (χ0v) is 14.2. The van der Waals surface area contributed by atoms with E-state index < -0.39 is 0 Å². The van der Waals surface area contributed by atoms with Crippen molar-refractivity contribution in [2.45, 2.75) is 23.5 Å². The van der Waals surface area contributed by atoms with E-state index in [-0.39, 0.29) is 11.7 Å². The molecule has 0 radical (unpaired) electrons. The van der Waals surface area contributed by atoms with Crippen molar-refractivity contribution in [3.8, 4) is 0 Å².